The molecular formula is C11H6BrN3O5. The molecule has 0 bridgehead atoms. The minimum atomic E-state index is -1.27. The number of nitro benzene ring substituents is 1. The number of hydrogen-bond acceptors (Lipinski definition) is 6. The number of carbonyl (C=O) groups is 1. The summed E-state index contributed by atoms with van der Waals surface area (Å²) >= 11 is 3.11. The number of carboxylic acid groups (broad SMARTS) is 1. The quantitative estimate of drug-likeness (QED) is 0.672. The number of nitrogens with zero attached hydrogens (tertiary/aromatic N) is 3. The van der Waals surface area contributed by atoms with Crippen molar-refractivity contribution in [3.05, 3.63) is 50.6 Å². The molecule has 0 amide bonds. The molecule has 9 heteroatoms. The van der Waals surface area contributed by atoms with Gasteiger partial charge in [0.2, 0.25) is 5.75 Å². The highest BCUT2D eigenvalue weighted by atomic mass is 79.9. The molecule has 2 rings (SSSR count). The summed E-state index contributed by atoms with van der Waals surface area (Å²) in [6, 6.07) is 5.29. The van der Waals surface area contributed by atoms with Crippen LogP contribution in [0.3, 0.4) is 0 Å². The predicted octanol–water partition coefficient (Wildman–Crippen LogP) is 2.64. The molecule has 0 aliphatic rings. The van der Waals surface area contributed by atoms with Gasteiger partial charge in [0.15, 0.2) is 0 Å². The van der Waals surface area contributed by atoms with Crippen molar-refractivity contribution in [1.82, 2.24) is 10.2 Å². The van der Waals surface area contributed by atoms with E-state index in [-0.39, 0.29) is 22.9 Å². The maximum atomic E-state index is 11.0. The van der Waals surface area contributed by atoms with Gasteiger partial charge in [-0.2, -0.15) is 5.10 Å². The second-order valence-corrected chi connectivity index (χ2v) is 4.44. The van der Waals surface area contributed by atoms with Gasteiger partial charge in [-0.25, -0.2) is 4.79 Å². The number of rotatable bonds is 4. The maximum Gasteiger partial charge on any atom is 0.341 e. The highest BCUT2D eigenvalue weighted by molar-refractivity contribution is 9.10. The summed E-state index contributed by atoms with van der Waals surface area (Å²) in [5.41, 5.74) is -0.557. The average molecular weight is 340 g/mol. The molecule has 0 saturated carbocycles. The van der Waals surface area contributed by atoms with Crippen LogP contribution < -0.4 is 4.74 Å². The molecule has 1 N–H and O–H groups in total. The highest BCUT2D eigenvalue weighted by Crippen LogP contribution is 2.33. The Hall–Kier alpha value is -2.55. The first-order chi connectivity index (χ1) is 9.49. The first-order valence-electron chi connectivity index (χ1n) is 5.16. The van der Waals surface area contributed by atoms with E-state index in [1.54, 1.807) is 0 Å². The Morgan fingerprint density at radius 2 is 2.15 bits per heavy atom. The Morgan fingerprint density at radius 3 is 2.80 bits per heavy atom. The Balaban J connectivity index is 2.45. The van der Waals surface area contributed by atoms with E-state index in [0.29, 0.717) is 4.47 Å². The van der Waals surface area contributed by atoms with Gasteiger partial charge >= 0.3 is 11.7 Å². The van der Waals surface area contributed by atoms with E-state index in [1.165, 1.54) is 30.5 Å². The largest absolute Gasteiger partial charge is 0.477 e. The molecule has 1 heterocycles. The van der Waals surface area contributed by atoms with E-state index in [9.17, 15) is 14.9 Å². The van der Waals surface area contributed by atoms with Gasteiger partial charge < -0.3 is 9.84 Å². The van der Waals surface area contributed by atoms with Gasteiger partial charge in [0, 0.05) is 10.5 Å². The van der Waals surface area contributed by atoms with Crippen LogP contribution in [-0.4, -0.2) is 26.2 Å². The fourth-order valence-corrected chi connectivity index (χ4v) is 1.73. The summed E-state index contributed by atoms with van der Waals surface area (Å²) in [4.78, 5) is 21.3. The SMILES string of the molecule is O=C(O)c1ccnnc1Oc1ccc(Br)cc1[N+](=O)[O-]. The van der Waals surface area contributed by atoms with Gasteiger partial charge in [-0.1, -0.05) is 15.9 Å². The third-order valence-corrected chi connectivity index (χ3v) is 2.73. The van der Waals surface area contributed by atoms with Crippen LogP contribution >= 0.6 is 15.9 Å². The van der Waals surface area contributed by atoms with Crippen molar-refractivity contribution in [2.75, 3.05) is 0 Å². The molecule has 2 aromatic rings. The van der Waals surface area contributed by atoms with E-state index < -0.39 is 10.9 Å². The van der Waals surface area contributed by atoms with Gasteiger partial charge in [0.25, 0.3) is 5.88 Å². The summed E-state index contributed by atoms with van der Waals surface area (Å²) in [6.07, 6.45) is 1.19. The number of halogens is 1. The number of hydrogen-bond donors (Lipinski definition) is 1. The fourth-order valence-electron chi connectivity index (χ4n) is 1.38. The molecule has 0 radical (unpaired) electrons. The summed E-state index contributed by atoms with van der Waals surface area (Å²) in [5.74, 6) is -1.71. The molecule has 0 aliphatic carbocycles. The monoisotopic (exact) mass is 339 g/mol. The molecule has 1 aromatic heterocycles. The second-order valence-electron chi connectivity index (χ2n) is 3.53. The lowest BCUT2D eigenvalue weighted by molar-refractivity contribution is -0.385. The van der Waals surface area contributed by atoms with Crippen molar-refractivity contribution in [3.63, 3.8) is 0 Å². The van der Waals surface area contributed by atoms with E-state index >= 15 is 0 Å². The van der Waals surface area contributed by atoms with Crippen molar-refractivity contribution in [2.24, 2.45) is 0 Å². The molecule has 20 heavy (non-hydrogen) atoms. The summed E-state index contributed by atoms with van der Waals surface area (Å²) in [5, 5.41) is 26.9. The van der Waals surface area contributed by atoms with Gasteiger partial charge in [0.1, 0.15) is 5.56 Å². The van der Waals surface area contributed by atoms with E-state index in [1.807, 2.05) is 0 Å². The minimum Gasteiger partial charge on any atom is -0.477 e. The van der Waals surface area contributed by atoms with Gasteiger partial charge in [-0.05, 0) is 18.2 Å². The zero-order chi connectivity index (χ0) is 14.7. The van der Waals surface area contributed by atoms with Crippen molar-refractivity contribution < 1.29 is 19.6 Å². The Kier molecular flexibility index (Phi) is 3.89. The average Bonchev–Trinajstić information content (AvgIpc) is 2.41. The number of ether oxygens (including phenoxy) is 1. The molecule has 0 atom stereocenters. The summed E-state index contributed by atoms with van der Waals surface area (Å²) < 4.78 is 5.70. The van der Waals surface area contributed by atoms with Crippen LogP contribution in [0.2, 0.25) is 0 Å². The number of aromatic carboxylic acids is 1. The van der Waals surface area contributed by atoms with E-state index in [4.69, 9.17) is 9.84 Å². The van der Waals surface area contributed by atoms with Crippen LogP contribution in [0.15, 0.2) is 34.9 Å². The second kappa shape index (κ2) is 5.61. The highest BCUT2D eigenvalue weighted by Gasteiger charge is 2.20. The van der Waals surface area contributed by atoms with Crippen LogP contribution in [-0.2, 0) is 0 Å². The zero-order valence-corrected chi connectivity index (χ0v) is 11.3. The normalized spacial score (nSPS) is 10.1. The van der Waals surface area contributed by atoms with Crippen molar-refractivity contribution >= 4 is 27.6 Å². The van der Waals surface area contributed by atoms with Gasteiger partial charge in [0.05, 0.1) is 11.1 Å². The molecule has 0 fully saturated rings. The van der Waals surface area contributed by atoms with Gasteiger partial charge in [-0.3, -0.25) is 10.1 Å². The number of nitro groups is 1. The third kappa shape index (κ3) is 2.88. The third-order valence-electron chi connectivity index (χ3n) is 2.24. The fraction of sp³-hybridized carbons (Fsp3) is 0. The zero-order valence-electron chi connectivity index (χ0n) is 9.69. The first kappa shape index (κ1) is 13.9. The van der Waals surface area contributed by atoms with E-state index in [2.05, 4.69) is 26.1 Å². The van der Waals surface area contributed by atoms with Crippen molar-refractivity contribution in [2.45, 2.75) is 0 Å². The lowest BCUT2D eigenvalue weighted by Gasteiger charge is -2.07. The molecule has 1 aromatic carbocycles. The van der Waals surface area contributed by atoms with E-state index in [0.717, 1.165) is 0 Å². The lowest BCUT2D eigenvalue weighted by atomic mass is 10.3. The molecule has 0 unspecified atom stereocenters. The van der Waals surface area contributed by atoms with Crippen LogP contribution in [0.1, 0.15) is 10.4 Å². The maximum absolute atomic E-state index is 11.0. The molecular weight excluding hydrogens is 334 g/mol. The van der Waals surface area contributed by atoms with Crippen LogP contribution in [0, 0.1) is 10.1 Å². The van der Waals surface area contributed by atoms with Gasteiger partial charge in [-0.15, -0.1) is 5.10 Å². The first-order valence-corrected chi connectivity index (χ1v) is 5.95. The number of carboxylic acids is 1. The van der Waals surface area contributed by atoms with Crippen molar-refractivity contribution in [3.8, 4) is 11.6 Å². The molecule has 8 nitrogen and oxygen atoms in total. The Morgan fingerprint density at radius 1 is 1.40 bits per heavy atom. The summed E-state index contributed by atoms with van der Waals surface area (Å²) in [6.45, 7) is 0. The Labute approximate surface area is 120 Å². The standard InChI is InChI=1S/C11H6BrN3O5/c12-6-1-2-9(8(5-6)15(18)19)20-10-7(11(16)17)3-4-13-14-10/h1-5H,(H,16,17). The molecule has 102 valence electrons. The van der Waals surface area contributed by atoms with Crippen LogP contribution in [0.25, 0.3) is 0 Å². The summed E-state index contributed by atoms with van der Waals surface area (Å²) in [7, 11) is 0. The molecule has 0 spiro atoms. The topological polar surface area (TPSA) is 115 Å². The predicted molar refractivity (Wildman–Crippen MR) is 69.9 cm³/mol. The number of benzene rings is 1. The number of aromatic nitrogens is 2. The Bertz CT molecular complexity index is 692. The van der Waals surface area contributed by atoms with Crippen LogP contribution in [0.4, 0.5) is 5.69 Å². The minimum absolute atomic E-state index is 0.124. The van der Waals surface area contributed by atoms with Crippen molar-refractivity contribution in [1.29, 1.82) is 0 Å². The van der Waals surface area contributed by atoms with Crippen LogP contribution in [0.5, 0.6) is 11.6 Å². The molecule has 0 saturated heterocycles. The smallest absolute Gasteiger partial charge is 0.341 e. The molecule has 0 aliphatic heterocycles. The lowest BCUT2D eigenvalue weighted by Crippen LogP contribution is -2.03.